The normalized spacial score (nSPS) is 12.1. The Bertz CT molecular complexity index is 196. The van der Waals surface area contributed by atoms with Crippen molar-refractivity contribution in [1.82, 2.24) is 10.6 Å². The number of hydrogen-bond donors (Lipinski definition) is 4. The van der Waals surface area contributed by atoms with Crippen LogP contribution in [-0.2, 0) is 9.59 Å². The zero-order valence-corrected chi connectivity index (χ0v) is 8.12. The quantitative estimate of drug-likeness (QED) is 0.380. The Balaban J connectivity index is 3.74. The molecule has 1 atom stereocenters. The van der Waals surface area contributed by atoms with E-state index in [1.807, 2.05) is 6.92 Å². The van der Waals surface area contributed by atoms with Gasteiger partial charge >= 0.3 is 5.97 Å². The Morgan fingerprint density at radius 1 is 1.43 bits per heavy atom. The molecule has 0 aromatic carbocycles. The maximum Gasteiger partial charge on any atom is 0.328 e. The van der Waals surface area contributed by atoms with Crippen molar-refractivity contribution >= 4 is 11.9 Å². The Morgan fingerprint density at radius 3 is 2.50 bits per heavy atom. The number of carbonyl (C=O) groups is 2. The first-order chi connectivity index (χ1) is 6.61. The van der Waals surface area contributed by atoms with Gasteiger partial charge in [-0.1, -0.05) is 6.92 Å². The third-order valence-corrected chi connectivity index (χ3v) is 1.53. The first kappa shape index (κ1) is 12.9. The van der Waals surface area contributed by atoms with Crippen LogP contribution in [0.1, 0.15) is 13.3 Å². The average Bonchev–Trinajstić information content (AvgIpc) is 2.14. The summed E-state index contributed by atoms with van der Waals surface area (Å²) in [7, 11) is 0. The lowest BCUT2D eigenvalue weighted by Crippen LogP contribution is -2.46. The summed E-state index contributed by atoms with van der Waals surface area (Å²) in [4.78, 5) is 21.4. The maximum atomic E-state index is 11.0. The summed E-state index contributed by atoms with van der Waals surface area (Å²) in [5, 5.41) is 22.1. The molecular formula is C8H16N2O4. The Hall–Kier alpha value is -1.14. The molecule has 0 aliphatic rings. The zero-order valence-electron chi connectivity index (χ0n) is 8.12. The van der Waals surface area contributed by atoms with Crippen LogP contribution in [0.2, 0.25) is 0 Å². The highest BCUT2D eigenvalue weighted by atomic mass is 16.4. The van der Waals surface area contributed by atoms with Crippen molar-refractivity contribution in [1.29, 1.82) is 0 Å². The number of aliphatic hydroxyl groups is 1. The van der Waals surface area contributed by atoms with Crippen molar-refractivity contribution in [2.24, 2.45) is 0 Å². The summed E-state index contributed by atoms with van der Waals surface area (Å²) in [5.74, 6) is -1.67. The molecule has 14 heavy (non-hydrogen) atoms. The molecule has 0 radical (unpaired) electrons. The van der Waals surface area contributed by atoms with Crippen LogP contribution in [-0.4, -0.2) is 47.8 Å². The second kappa shape index (κ2) is 7.28. The third kappa shape index (κ3) is 5.50. The molecule has 6 nitrogen and oxygen atoms in total. The number of carboxylic acids is 1. The van der Waals surface area contributed by atoms with Crippen molar-refractivity contribution < 1.29 is 19.8 Å². The van der Waals surface area contributed by atoms with Crippen LogP contribution in [0.5, 0.6) is 0 Å². The molecule has 82 valence electrons. The number of hydrogen-bond acceptors (Lipinski definition) is 4. The number of rotatable bonds is 7. The third-order valence-electron chi connectivity index (χ3n) is 1.53. The van der Waals surface area contributed by atoms with Crippen LogP contribution in [0, 0.1) is 0 Å². The second-order valence-corrected chi connectivity index (χ2v) is 2.82. The molecule has 0 bridgehead atoms. The van der Waals surface area contributed by atoms with E-state index in [2.05, 4.69) is 10.6 Å². The monoisotopic (exact) mass is 204 g/mol. The van der Waals surface area contributed by atoms with Crippen LogP contribution < -0.4 is 10.6 Å². The Kier molecular flexibility index (Phi) is 6.69. The number of carboxylic acid groups (broad SMARTS) is 1. The molecule has 0 fully saturated rings. The molecule has 0 aliphatic heterocycles. The smallest absolute Gasteiger partial charge is 0.328 e. The molecule has 0 heterocycles. The highest BCUT2D eigenvalue weighted by molar-refractivity contribution is 5.84. The lowest BCUT2D eigenvalue weighted by atomic mass is 10.3. The minimum absolute atomic E-state index is 0.0671. The van der Waals surface area contributed by atoms with Gasteiger partial charge < -0.3 is 20.8 Å². The lowest BCUT2D eigenvalue weighted by Gasteiger charge is -2.11. The highest BCUT2D eigenvalue weighted by Crippen LogP contribution is 1.81. The summed E-state index contributed by atoms with van der Waals surface area (Å²) in [6.07, 6.45) is 0.898. The highest BCUT2D eigenvalue weighted by Gasteiger charge is 2.17. The Labute approximate surface area is 82.3 Å². The number of aliphatic hydroxyl groups excluding tert-OH is 1. The Morgan fingerprint density at radius 2 is 2.07 bits per heavy atom. The van der Waals surface area contributed by atoms with Gasteiger partial charge in [0.05, 0.1) is 13.2 Å². The molecule has 0 aromatic heterocycles. The SMILES string of the molecule is CCCNCC(=O)NC(CO)C(=O)O. The van der Waals surface area contributed by atoms with Gasteiger partial charge in [-0.25, -0.2) is 4.79 Å². The fourth-order valence-corrected chi connectivity index (χ4v) is 0.810. The van der Waals surface area contributed by atoms with Gasteiger partial charge in [0, 0.05) is 0 Å². The number of aliphatic carboxylic acids is 1. The van der Waals surface area contributed by atoms with Crippen LogP contribution >= 0.6 is 0 Å². The molecule has 1 amide bonds. The second-order valence-electron chi connectivity index (χ2n) is 2.82. The summed E-state index contributed by atoms with van der Waals surface area (Å²) in [5.41, 5.74) is 0. The minimum Gasteiger partial charge on any atom is -0.480 e. The number of carbonyl (C=O) groups excluding carboxylic acids is 1. The van der Waals surface area contributed by atoms with E-state index in [1.54, 1.807) is 0 Å². The molecular weight excluding hydrogens is 188 g/mol. The minimum atomic E-state index is -1.24. The average molecular weight is 204 g/mol. The van der Waals surface area contributed by atoms with Crippen LogP contribution in [0.15, 0.2) is 0 Å². The van der Waals surface area contributed by atoms with Gasteiger partial charge in [0.1, 0.15) is 6.04 Å². The van der Waals surface area contributed by atoms with E-state index in [-0.39, 0.29) is 6.54 Å². The number of amides is 1. The molecule has 0 saturated carbocycles. The van der Waals surface area contributed by atoms with Crippen molar-refractivity contribution in [3.05, 3.63) is 0 Å². The van der Waals surface area contributed by atoms with E-state index in [0.717, 1.165) is 6.42 Å². The first-order valence-corrected chi connectivity index (χ1v) is 4.45. The predicted molar refractivity (Wildman–Crippen MR) is 49.8 cm³/mol. The standard InChI is InChI=1S/C8H16N2O4/c1-2-3-9-4-7(12)10-6(5-11)8(13)14/h6,9,11H,2-5H2,1H3,(H,10,12)(H,13,14). The molecule has 0 rings (SSSR count). The maximum absolute atomic E-state index is 11.0. The van der Waals surface area contributed by atoms with Gasteiger partial charge in [0.15, 0.2) is 0 Å². The van der Waals surface area contributed by atoms with Crippen LogP contribution in [0.4, 0.5) is 0 Å². The van der Waals surface area contributed by atoms with Gasteiger partial charge in [-0.15, -0.1) is 0 Å². The van der Waals surface area contributed by atoms with Crippen molar-refractivity contribution in [3.8, 4) is 0 Å². The molecule has 0 spiro atoms. The van der Waals surface area contributed by atoms with E-state index < -0.39 is 24.5 Å². The molecule has 0 aliphatic carbocycles. The van der Waals surface area contributed by atoms with Crippen molar-refractivity contribution in [2.75, 3.05) is 19.7 Å². The van der Waals surface area contributed by atoms with Crippen molar-refractivity contribution in [3.63, 3.8) is 0 Å². The molecule has 1 unspecified atom stereocenters. The topological polar surface area (TPSA) is 98.7 Å². The molecule has 0 aromatic rings. The largest absolute Gasteiger partial charge is 0.480 e. The van der Waals surface area contributed by atoms with E-state index >= 15 is 0 Å². The summed E-state index contributed by atoms with van der Waals surface area (Å²) in [6.45, 7) is 2.12. The zero-order chi connectivity index (χ0) is 11.0. The predicted octanol–water partition coefficient (Wildman–Crippen LogP) is -1.45. The van der Waals surface area contributed by atoms with Crippen LogP contribution in [0.25, 0.3) is 0 Å². The molecule has 6 heteroatoms. The van der Waals surface area contributed by atoms with Gasteiger partial charge in [0.25, 0.3) is 0 Å². The van der Waals surface area contributed by atoms with Crippen LogP contribution in [0.3, 0.4) is 0 Å². The molecule has 4 N–H and O–H groups in total. The summed E-state index contributed by atoms with van der Waals surface area (Å²) in [6, 6.07) is -1.22. The van der Waals surface area contributed by atoms with Crippen molar-refractivity contribution in [2.45, 2.75) is 19.4 Å². The summed E-state index contributed by atoms with van der Waals surface area (Å²) >= 11 is 0. The molecule has 0 saturated heterocycles. The first-order valence-electron chi connectivity index (χ1n) is 4.45. The fourth-order valence-electron chi connectivity index (χ4n) is 0.810. The summed E-state index contributed by atoms with van der Waals surface area (Å²) < 4.78 is 0. The van der Waals surface area contributed by atoms with Gasteiger partial charge in [-0.3, -0.25) is 4.79 Å². The van der Waals surface area contributed by atoms with E-state index in [0.29, 0.717) is 6.54 Å². The van der Waals surface area contributed by atoms with Gasteiger partial charge in [0.2, 0.25) is 5.91 Å². The van der Waals surface area contributed by atoms with E-state index in [1.165, 1.54) is 0 Å². The van der Waals surface area contributed by atoms with Gasteiger partial charge in [-0.2, -0.15) is 0 Å². The lowest BCUT2D eigenvalue weighted by molar-refractivity contribution is -0.142. The fraction of sp³-hybridized carbons (Fsp3) is 0.750. The van der Waals surface area contributed by atoms with E-state index in [9.17, 15) is 9.59 Å². The van der Waals surface area contributed by atoms with Gasteiger partial charge in [-0.05, 0) is 13.0 Å². The van der Waals surface area contributed by atoms with E-state index in [4.69, 9.17) is 10.2 Å². The number of nitrogens with one attached hydrogen (secondary N) is 2.